The topological polar surface area (TPSA) is 71.5 Å². The van der Waals surface area contributed by atoms with E-state index in [1.54, 1.807) is 24.3 Å². The number of hydrogen-bond donors (Lipinski definition) is 1. The molecule has 0 saturated carbocycles. The molecule has 1 aromatic carbocycles. The van der Waals surface area contributed by atoms with Crippen molar-refractivity contribution in [2.75, 3.05) is 13.7 Å². The zero-order valence-corrected chi connectivity index (χ0v) is 14.1. The molecule has 25 heavy (non-hydrogen) atoms. The molecule has 1 aliphatic rings. The average molecular weight is 339 g/mol. The Labute approximate surface area is 146 Å². The molecule has 2 aromatic rings. The second kappa shape index (κ2) is 7.79. The molecular formula is C19H21N3O3. The second-order valence-electron chi connectivity index (χ2n) is 6.05. The van der Waals surface area contributed by atoms with Crippen molar-refractivity contribution in [3.63, 3.8) is 0 Å². The zero-order valence-electron chi connectivity index (χ0n) is 14.1. The first-order valence-electron chi connectivity index (χ1n) is 8.24. The maximum atomic E-state index is 12.4. The van der Waals surface area contributed by atoms with Crippen molar-refractivity contribution < 1.29 is 14.3 Å². The SMILES string of the molecule is COc1ncccc1CNC(=O)C1CC(=O)N(Cc2ccccc2)C1. The summed E-state index contributed by atoms with van der Waals surface area (Å²) in [6.45, 7) is 1.32. The van der Waals surface area contributed by atoms with Crippen LogP contribution in [0.15, 0.2) is 48.7 Å². The van der Waals surface area contributed by atoms with Gasteiger partial charge < -0.3 is 15.0 Å². The summed E-state index contributed by atoms with van der Waals surface area (Å²) in [5.74, 6) is 0.0765. The minimum atomic E-state index is -0.320. The van der Waals surface area contributed by atoms with Gasteiger partial charge in [-0.25, -0.2) is 4.98 Å². The van der Waals surface area contributed by atoms with Crippen LogP contribution in [0.2, 0.25) is 0 Å². The summed E-state index contributed by atoms with van der Waals surface area (Å²) < 4.78 is 5.18. The fourth-order valence-corrected chi connectivity index (χ4v) is 2.97. The van der Waals surface area contributed by atoms with Crippen molar-refractivity contribution in [3.8, 4) is 5.88 Å². The number of carbonyl (C=O) groups excluding carboxylic acids is 2. The van der Waals surface area contributed by atoms with Crippen LogP contribution in [-0.4, -0.2) is 35.4 Å². The monoisotopic (exact) mass is 339 g/mol. The van der Waals surface area contributed by atoms with Gasteiger partial charge in [-0.3, -0.25) is 9.59 Å². The summed E-state index contributed by atoms with van der Waals surface area (Å²) >= 11 is 0. The molecule has 0 aliphatic carbocycles. The van der Waals surface area contributed by atoms with Crippen LogP contribution in [0.25, 0.3) is 0 Å². The molecule has 1 fully saturated rings. The lowest BCUT2D eigenvalue weighted by atomic mass is 10.1. The first-order chi connectivity index (χ1) is 12.2. The highest BCUT2D eigenvalue weighted by molar-refractivity contribution is 5.89. The maximum absolute atomic E-state index is 12.4. The molecular weight excluding hydrogens is 318 g/mol. The number of ether oxygens (including phenoxy) is 1. The van der Waals surface area contributed by atoms with Crippen molar-refractivity contribution in [2.45, 2.75) is 19.5 Å². The molecule has 1 N–H and O–H groups in total. The van der Waals surface area contributed by atoms with E-state index in [4.69, 9.17) is 4.74 Å². The Bertz CT molecular complexity index is 749. The van der Waals surface area contributed by atoms with Crippen molar-refractivity contribution >= 4 is 11.8 Å². The number of methoxy groups -OCH3 is 1. The van der Waals surface area contributed by atoms with Crippen molar-refractivity contribution in [3.05, 3.63) is 59.8 Å². The molecule has 0 radical (unpaired) electrons. The molecule has 1 saturated heterocycles. The van der Waals surface area contributed by atoms with Crippen LogP contribution in [0.1, 0.15) is 17.5 Å². The first kappa shape index (κ1) is 17.0. The van der Waals surface area contributed by atoms with E-state index in [1.165, 1.54) is 0 Å². The van der Waals surface area contributed by atoms with Gasteiger partial charge in [-0.15, -0.1) is 0 Å². The summed E-state index contributed by atoms with van der Waals surface area (Å²) in [7, 11) is 1.55. The van der Waals surface area contributed by atoms with Crippen molar-refractivity contribution in [2.24, 2.45) is 5.92 Å². The van der Waals surface area contributed by atoms with E-state index in [2.05, 4.69) is 10.3 Å². The highest BCUT2D eigenvalue weighted by Gasteiger charge is 2.34. The van der Waals surface area contributed by atoms with Gasteiger partial charge in [0.15, 0.2) is 0 Å². The molecule has 2 heterocycles. The van der Waals surface area contributed by atoms with Gasteiger partial charge in [-0.2, -0.15) is 0 Å². The molecule has 1 aromatic heterocycles. The van der Waals surface area contributed by atoms with E-state index >= 15 is 0 Å². The predicted molar refractivity (Wildman–Crippen MR) is 92.6 cm³/mol. The van der Waals surface area contributed by atoms with Gasteiger partial charge >= 0.3 is 0 Å². The van der Waals surface area contributed by atoms with E-state index in [9.17, 15) is 9.59 Å². The maximum Gasteiger partial charge on any atom is 0.225 e. The molecule has 3 rings (SSSR count). The van der Waals surface area contributed by atoms with Crippen LogP contribution >= 0.6 is 0 Å². The number of rotatable bonds is 6. The standard InChI is InChI=1S/C19H21N3O3/c1-25-19-15(8-5-9-20-19)11-21-18(24)16-10-17(23)22(13-16)12-14-6-3-2-4-7-14/h2-9,16H,10-13H2,1H3,(H,21,24). The minimum absolute atomic E-state index is 0.0166. The predicted octanol–water partition coefficient (Wildman–Crippen LogP) is 1.76. The second-order valence-corrected chi connectivity index (χ2v) is 6.05. The van der Waals surface area contributed by atoms with Gasteiger partial charge in [0, 0.05) is 37.8 Å². The summed E-state index contributed by atoms with van der Waals surface area (Å²) in [5, 5.41) is 2.88. The molecule has 0 bridgehead atoms. The molecule has 130 valence electrons. The van der Waals surface area contributed by atoms with Crippen LogP contribution in [0.4, 0.5) is 0 Å². The lowest BCUT2D eigenvalue weighted by Gasteiger charge is -2.16. The van der Waals surface area contributed by atoms with Gasteiger partial charge in [-0.1, -0.05) is 36.4 Å². The Morgan fingerprint density at radius 2 is 2.08 bits per heavy atom. The van der Waals surface area contributed by atoms with E-state index in [-0.39, 0.29) is 24.2 Å². The normalized spacial score (nSPS) is 16.8. The lowest BCUT2D eigenvalue weighted by molar-refractivity contribution is -0.129. The van der Waals surface area contributed by atoms with Crippen molar-refractivity contribution in [1.82, 2.24) is 15.2 Å². The number of amides is 2. The number of benzene rings is 1. The van der Waals surface area contributed by atoms with Crippen LogP contribution in [0, 0.1) is 5.92 Å². The van der Waals surface area contributed by atoms with Gasteiger partial charge in [0.25, 0.3) is 0 Å². The summed E-state index contributed by atoms with van der Waals surface area (Å²) in [6, 6.07) is 13.4. The number of carbonyl (C=O) groups is 2. The summed E-state index contributed by atoms with van der Waals surface area (Å²) in [4.78, 5) is 30.4. The van der Waals surface area contributed by atoms with E-state index in [0.717, 1.165) is 11.1 Å². The Hall–Kier alpha value is -2.89. The quantitative estimate of drug-likeness (QED) is 0.870. The van der Waals surface area contributed by atoms with E-state index in [0.29, 0.717) is 25.5 Å². The first-order valence-corrected chi connectivity index (χ1v) is 8.24. The average Bonchev–Trinajstić information content (AvgIpc) is 3.01. The van der Waals surface area contributed by atoms with Crippen molar-refractivity contribution in [1.29, 1.82) is 0 Å². The molecule has 1 aliphatic heterocycles. The molecule has 1 unspecified atom stereocenters. The fourth-order valence-electron chi connectivity index (χ4n) is 2.97. The summed E-state index contributed by atoms with van der Waals surface area (Å²) in [6.07, 6.45) is 1.89. The number of aromatic nitrogens is 1. The van der Waals surface area contributed by atoms with Crippen LogP contribution in [0.3, 0.4) is 0 Å². The largest absolute Gasteiger partial charge is 0.481 e. The highest BCUT2D eigenvalue weighted by atomic mass is 16.5. The molecule has 1 atom stereocenters. The number of likely N-dealkylation sites (tertiary alicyclic amines) is 1. The number of pyridine rings is 1. The third-order valence-electron chi connectivity index (χ3n) is 4.30. The molecule has 6 nitrogen and oxygen atoms in total. The third kappa shape index (κ3) is 4.15. The fraction of sp³-hybridized carbons (Fsp3) is 0.316. The summed E-state index contributed by atoms with van der Waals surface area (Å²) in [5.41, 5.74) is 1.88. The van der Waals surface area contributed by atoms with Gasteiger partial charge in [0.05, 0.1) is 13.0 Å². The Morgan fingerprint density at radius 1 is 1.28 bits per heavy atom. The van der Waals surface area contributed by atoms with Gasteiger partial charge in [0.2, 0.25) is 17.7 Å². The Balaban J connectivity index is 1.55. The van der Waals surface area contributed by atoms with Crippen LogP contribution in [0.5, 0.6) is 5.88 Å². The van der Waals surface area contributed by atoms with E-state index in [1.807, 2.05) is 36.4 Å². The zero-order chi connectivity index (χ0) is 17.6. The number of nitrogens with one attached hydrogen (secondary N) is 1. The van der Waals surface area contributed by atoms with Crippen LogP contribution < -0.4 is 10.1 Å². The number of hydrogen-bond acceptors (Lipinski definition) is 4. The van der Waals surface area contributed by atoms with E-state index < -0.39 is 0 Å². The molecule has 0 spiro atoms. The minimum Gasteiger partial charge on any atom is -0.481 e. The van der Waals surface area contributed by atoms with Gasteiger partial charge in [-0.05, 0) is 11.6 Å². The smallest absolute Gasteiger partial charge is 0.225 e. The molecule has 2 amide bonds. The number of nitrogens with zero attached hydrogens (tertiary/aromatic N) is 2. The Morgan fingerprint density at radius 3 is 2.84 bits per heavy atom. The lowest BCUT2D eigenvalue weighted by Crippen LogP contribution is -2.32. The third-order valence-corrected chi connectivity index (χ3v) is 4.30. The highest BCUT2D eigenvalue weighted by Crippen LogP contribution is 2.21. The molecule has 6 heteroatoms. The van der Waals surface area contributed by atoms with Crippen LogP contribution in [-0.2, 0) is 22.7 Å². The van der Waals surface area contributed by atoms with Gasteiger partial charge in [0.1, 0.15) is 0 Å². The Kier molecular flexibility index (Phi) is 5.28.